The number of aliphatic hydroxyl groups is 2. The first kappa shape index (κ1) is 17.0. The smallest absolute Gasteiger partial charge is 0.123 e. The lowest BCUT2D eigenvalue weighted by Crippen LogP contribution is -2.44. The van der Waals surface area contributed by atoms with Gasteiger partial charge in [-0.3, -0.25) is 4.90 Å². The second kappa shape index (κ2) is 8.28. The quantitative estimate of drug-likeness (QED) is 0.796. The van der Waals surface area contributed by atoms with Gasteiger partial charge in [-0.2, -0.15) is 0 Å². The highest BCUT2D eigenvalue weighted by molar-refractivity contribution is 5.33. The maximum absolute atomic E-state index is 10.1. The highest BCUT2D eigenvalue weighted by Gasteiger charge is 2.27. The zero-order valence-electron chi connectivity index (χ0n) is 13.8. The maximum atomic E-state index is 10.1. The molecule has 1 fully saturated rings. The molecule has 0 amide bonds. The van der Waals surface area contributed by atoms with Crippen LogP contribution in [-0.2, 0) is 13.1 Å². The van der Waals surface area contributed by atoms with E-state index in [1.54, 1.807) is 12.5 Å². The number of aliphatic hydroxyl groups excluding tert-OH is 2. The molecule has 2 heterocycles. The average molecular weight is 331 g/mol. The fourth-order valence-electron chi connectivity index (χ4n) is 3.10. The summed E-state index contributed by atoms with van der Waals surface area (Å²) in [6.45, 7) is 3.62. The molecule has 2 N–H and O–H groups in total. The van der Waals surface area contributed by atoms with Crippen LogP contribution in [0.25, 0.3) is 0 Å². The summed E-state index contributed by atoms with van der Waals surface area (Å²) in [6, 6.07) is 8.04. The van der Waals surface area contributed by atoms with Gasteiger partial charge < -0.3 is 19.5 Å². The van der Waals surface area contributed by atoms with E-state index in [0.717, 1.165) is 37.4 Å². The van der Waals surface area contributed by atoms with Crippen molar-refractivity contribution in [2.24, 2.45) is 5.92 Å². The monoisotopic (exact) mass is 331 g/mol. The lowest BCUT2D eigenvalue weighted by molar-refractivity contribution is -0.00467. The van der Waals surface area contributed by atoms with E-state index in [2.05, 4.69) is 16.0 Å². The van der Waals surface area contributed by atoms with E-state index < -0.39 is 6.10 Å². The van der Waals surface area contributed by atoms with Crippen molar-refractivity contribution in [1.82, 2.24) is 14.5 Å². The predicted octanol–water partition coefficient (Wildman–Crippen LogP) is 1.14. The molecule has 0 radical (unpaired) electrons. The number of hydrogen-bond acceptors (Lipinski definition) is 5. The van der Waals surface area contributed by atoms with Gasteiger partial charge in [0, 0.05) is 43.6 Å². The van der Waals surface area contributed by atoms with Gasteiger partial charge in [0.1, 0.15) is 12.4 Å². The fourth-order valence-corrected chi connectivity index (χ4v) is 3.10. The van der Waals surface area contributed by atoms with Gasteiger partial charge >= 0.3 is 0 Å². The Kier molecular flexibility index (Phi) is 5.85. The van der Waals surface area contributed by atoms with Crippen LogP contribution < -0.4 is 4.74 Å². The lowest BCUT2D eigenvalue weighted by atomic mass is 9.94. The molecule has 1 aliphatic rings. The predicted molar refractivity (Wildman–Crippen MR) is 90.6 cm³/mol. The molecule has 6 nitrogen and oxygen atoms in total. The number of ether oxygens (including phenoxy) is 1. The minimum Gasteiger partial charge on any atom is -0.491 e. The van der Waals surface area contributed by atoms with Gasteiger partial charge in [-0.25, -0.2) is 4.98 Å². The molecule has 2 atom stereocenters. The van der Waals surface area contributed by atoms with E-state index in [1.165, 1.54) is 0 Å². The standard InChI is InChI=1S/C18H25N3O3/c22-13-16-5-7-21(12-17(16)23)11-15-3-1-2-4-18(15)24-10-9-20-8-6-19-14-20/h1-4,6,8,14,16-17,22-23H,5,7,9-13H2/t16-,17-/m1/s1. The Morgan fingerprint density at radius 2 is 2.17 bits per heavy atom. The molecule has 1 aliphatic heterocycles. The van der Waals surface area contributed by atoms with Gasteiger partial charge in [0.2, 0.25) is 0 Å². The molecule has 3 rings (SSSR count). The van der Waals surface area contributed by atoms with E-state index >= 15 is 0 Å². The van der Waals surface area contributed by atoms with Crippen LogP contribution in [-0.4, -0.2) is 57.1 Å². The van der Waals surface area contributed by atoms with E-state index in [9.17, 15) is 10.2 Å². The van der Waals surface area contributed by atoms with E-state index in [0.29, 0.717) is 13.2 Å². The van der Waals surface area contributed by atoms with Crippen LogP contribution in [0.1, 0.15) is 12.0 Å². The van der Waals surface area contributed by atoms with Crippen molar-refractivity contribution in [3.63, 3.8) is 0 Å². The molecule has 1 aromatic heterocycles. The van der Waals surface area contributed by atoms with E-state index in [4.69, 9.17) is 4.74 Å². The van der Waals surface area contributed by atoms with Crippen LogP contribution in [0.3, 0.4) is 0 Å². The number of hydrogen-bond donors (Lipinski definition) is 2. The first-order chi connectivity index (χ1) is 11.8. The second-order valence-electron chi connectivity index (χ2n) is 6.29. The molecule has 130 valence electrons. The van der Waals surface area contributed by atoms with Gasteiger partial charge in [0.25, 0.3) is 0 Å². The molecule has 0 saturated carbocycles. The Hall–Kier alpha value is -1.89. The van der Waals surface area contributed by atoms with Crippen LogP contribution in [0.15, 0.2) is 43.0 Å². The highest BCUT2D eigenvalue weighted by atomic mass is 16.5. The van der Waals surface area contributed by atoms with Crippen molar-refractivity contribution >= 4 is 0 Å². The lowest BCUT2D eigenvalue weighted by Gasteiger charge is -2.35. The van der Waals surface area contributed by atoms with Crippen molar-refractivity contribution < 1.29 is 14.9 Å². The van der Waals surface area contributed by atoms with Gasteiger partial charge in [-0.1, -0.05) is 18.2 Å². The third kappa shape index (κ3) is 4.35. The number of imidazole rings is 1. The first-order valence-electron chi connectivity index (χ1n) is 8.44. The molecule has 24 heavy (non-hydrogen) atoms. The number of likely N-dealkylation sites (tertiary alicyclic amines) is 1. The molecule has 0 bridgehead atoms. The van der Waals surface area contributed by atoms with Crippen molar-refractivity contribution in [3.8, 4) is 5.75 Å². The third-order valence-corrected chi connectivity index (χ3v) is 4.57. The fraction of sp³-hybridized carbons (Fsp3) is 0.500. The Balaban J connectivity index is 1.56. The number of rotatable bonds is 7. The number of aromatic nitrogens is 2. The topological polar surface area (TPSA) is 70.8 Å². The van der Waals surface area contributed by atoms with E-state index in [1.807, 2.05) is 29.0 Å². The van der Waals surface area contributed by atoms with Crippen LogP contribution in [0.2, 0.25) is 0 Å². The number of β-amino-alcohol motifs (C(OH)–C–C–N with tert-alkyl or cyclic N) is 1. The van der Waals surface area contributed by atoms with Gasteiger partial charge in [0.05, 0.1) is 19.0 Å². The summed E-state index contributed by atoms with van der Waals surface area (Å²) in [5, 5.41) is 19.3. The van der Waals surface area contributed by atoms with Gasteiger partial charge in [0.15, 0.2) is 0 Å². The molecule has 2 aromatic rings. The number of nitrogens with zero attached hydrogens (tertiary/aromatic N) is 3. The van der Waals surface area contributed by atoms with E-state index in [-0.39, 0.29) is 12.5 Å². The molecule has 0 spiro atoms. The van der Waals surface area contributed by atoms with Gasteiger partial charge in [-0.15, -0.1) is 0 Å². The summed E-state index contributed by atoms with van der Waals surface area (Å²) < 4.78 is 7.93. The molecule has 0 aliphatic carbocycles. The Bertz CT molecular complexity index is 618. The highest BCUT2D eigenvalue weighted by Crippen LogP contribution is 2.23. The van der Waals surface area contributed by atoms with Crippen LogP contribution in [0.5, 0.6) is 5.75 Å². The minimum absolute atomic E-state index is 0.00271. The average Bonchev–Trinajstić information content (AvgIpc) is 3.10. The number of piperidine rings is 1. The number of benzene rings is 1. The first-order valence-corrected chi connectivity index (χ1v) is 8.44. The number of para-hydroxylation sites is 1. The summed E-state index contributed by atoms with van der Waals surface area (Å²) in [5.41, 5.74) is 1.12. The Morgan fingerprint density at radius 1 is 1.29 bits per heavy atom. The van der Waals surface area contributed by atoms with Crippen molar-refractivity contribution in [1.29, 1.82) is 0 Å². The molecule has 1 aromatic carbocycles. The van der Waals surface area contributed by atoms with Crippen LogP contribution >= 0.6 is 0 Å². The van der Waals surface area contributed by atoms with Crippen LogP contribution in [0.4, 0.5) is 0 Å². The molecule has 1 saturated heterocycles. The summed E-state index contributed by atoms with van der Waals surface area (Å²) in [4.78, 5) is 6.24. The summed E-state index contributed by atoms with van der Waals surface area (Å²) in [5.74, 6) is 0.888. The third-order valence-electron chi connectivity index (χ3n) is 4.57. The minimum atomic E-state index is -0.460. The van der Waals surface area contributed by atoms with Crippen molar-refractivity contribution in [2.75, 3.05) is 26.3 Å². The largest absolute Gasteiger partial charge is 0.491 e. The van der Waals surface area contributed by atoms with Crippen molar-refractivity contribution in [3.05, 3.63) is 48.5 Å². The Morgan fingerprint density at radius 3 is 2.92 bits per heavy atom. The molecular formula is C18H25N3O3. The zero-order valence-corrected chi connectivity index (χ0v) is 13.8. The molecule has 6 heteroatoms. The second-order valence-corrected chi connectivity index (χ2v) is 6.29. The van der Waals surface area contributed by atoms with Crippen molar-refractivity contribution in [2.45, 2.75) is 25.6 Å². The summed E-state index contributed by atoms with van der Waals surface area (Å²) >= 11 is 0. The SMILES string of the molecule is OC[C@H]1CCN(Cc2ccccc2OCCn2ccnc2)C[C@H]1O. The summed E-state index contributed by atoms with van der Waals surface area (Å²) in [6.07, 6.45) is 5.82. The normalized spacial score (nSPS) is 21.8. The van der Waals surface area contributed by atoms with Gasteiger partial charge in [-0.05, 0) is 19.0 Å². The maximum Gasteiger partial charge on any atom is 0.123 e. The Labute approximate surface area is 142 Å². The molecular weight excluding hydrogens is 306 g/mol. The zero-order chi connectivity index (χ0) is 16.8. The van der Waals surface area contributed by atoms with Crippen LogP contribution in [0, 0.1) is 5.92 Å². The summed E-state index contributed by atoms with van der Waals surface area (Å²) in [7, 11) is 0. The molecule has 0 unspecified atom stereocenters.